The fraction of sp³-hybridized carbons (Fsp3) is 0.857. The van der Waals surface area contributed by atoms with Crippen LogP contribution in [0.4, 0.5) is 4.39 Å². The van der Waals surface area contributed by atoms with Gasteiger partial charge in [-0.05, 0) is 62.3 Å². The molecule has 8 nitrogen and oxygen atoms in total. The second kappa shape index (κ2) is 9.18. The van der Waals surface area contributed by atoms with Gasteiger partial charge in [-0.2, -0.15) is 0 Å². The summed E-state index contributed by atoms with van der Waals surface area (Å²) in [5, 5.41) is 10.7. The van der Waals surface area contributed by atoms with Crippen LogP contribution in [0.15, 0.2) is 0 Å². The quantitative estimate of drug-likeness (QED) is 0.531. The number of aliphatic hydroxyl groups is 1. The molecule has 5 atom stereocenters. The minimum atomic E-state index is -2.20. The van der Waals surface area contributed by atoms with Crippen LogP contribution in [0.2, 0.25) is 0 Å². The Morgan fingerprint density at radius 1 is 0.800 bits per heavy atom. The lowest BCUT2D eigenvalue weighted by molar-refractivity contribution is -0.277. The molecule has 0 aliphatic carbocycles. The Bertz CT molecular complexity index is 639. The van der Waals surface area contributed by atoms with E-state index >= 15 is 0 Å². The van der Waals surface area contributed by atoms with E-state index in [2.05, 4.69) is 0 Å². The summed E-state index contributed by atoms with van der Waals surface area (Å²) in [7, 11) is 0. The molecule has 1 N–H and O–H groups in total. The van der Waals surface area contributed by atoms with E-state index in [9.17, 15) is 23.9 Å². The summed E-state index contributed by atoms with van der Waals surface area (Å²) >= 11 is 0. The van der Waals surface area contributed by atoms with E-state index in [0.29, 0.717) is 0 Å². The van der Waals surface area contributed by atoms with E-state index in [1.807, 2.05) is 0 Å². The van der Waals surface area contributed by atoms with Gasteiger partial charge in [-0.1, -0.05) is 0 Å². The van der Waals surface area contributed by atoms with Gasteiger partial charge >= 0.3 is 17.9 Å². The number of halogens is 1. The number of hydrogen-bond donors (Lipinski definition) is 1. The normalized spacial score (nSPS) is 27.9. The van der Waals surface area contributed by atoms with Crippen molar-refractivity contribution in [2.45, 2.75) is 93.1 Å². The van der Waals surface area contributed by atoms with E-state index in [-0.39, 0.29) is 0 Å². The number of alkyl halides is 1. The summed E-state index contributed by atoms with van der Waals surface area (Å²) in [6.45, 7) is 14.0. The highest BCUT2D eigenvalue weighted by Crippen LogP contribution is 2.31. The second-order valence-electron chi connectivity index (χ2n) is 10.6. The molecule has 0 saturated carbocycles. The van der Waals surface area contributed by atoms with Crippen molar-refractivity contribution < 1.29 is 42.8 Å². The van der Waals surface area contributed by atoms with Crippen molar-refractivity contribution in [3.8, 4) is 0 Å². The highest BCUT2D eigenvalue weighted by atomic mass is 19.1. The third-order valence-electron chi connectivity index (χ3n) is 4.30. The monoisotopic (exact) mass is 434 g/mol. The van der Waals surface area contributed by atoms with Gasteiger partial charge in [0.2, 0.25) is 6.36 Å². The number of carbonyl (C=O) groups excluding carboxylic acids is 3. The molecule has 174 valence electrons. The molecule has 0 radical (unpaired) electrons. The van der Waals surface area contributed by atoms with Gasteiger partial charge in [0.1, 0.15) is 18.8 Å². The molecular formula is C21H35FO8. The summed E-state index contributed by atoms with van der Waals surface area (Å²) in [4.78, 5) is 36.6. The van der Waals surface area contributed by atoms with Gasteiger partial charge in [0.25, 0.3) is 0 Å². The molecule has 1 saturated heterocycles. The molecule has 30 heavy (non-hydrogen) atoms. The van der Waals surface area contributed by atoms with Crippen molar-refractivity contribution in [1.82, 2.24) is 0 Å². The lowest BCUT2D eigenvalue weighted by Gasteiger charge is -2.41. The standard InChI is InChI=1S/C21H35FO8/c1-19(2,3)16(24)27-10-11-13(29-17(25)20(4,5)6)12(23)14(15(22)28-11)30-18(26)21(7,8)9/h11-15,23H,10H2,1-9H3/t11-,12+,13+,14-,15+/m1/s1. The lowest BCUT2D eigenvalue weighted by atomic mass is 9.94. The number of hydrogen-bond acceptors (Lipinski definition) is 8. The molecule has 1 aliphatic heterocycles. The molecule has 1 heterocycles. The van der Waals surface area contributed by atoms with Crippen LogP contribution in [0.25, 0.3) is 0 Å². The molecule has 1 rings (SSSR count). The molecule has 0 unspecified atom stereocenters. The van der Waals surface area contributed by atoms with Crippen LogP contribution in [0, 0.1) is 16.2 Å². The Labute approximate surface area is 177 Å². The van der Waals surface area contributed by atoms with Crippen molar-refractivity contribution in [2.75, 3.05) is 6.61 Å². The lowest BCUT2D eigenvalue weighted by Crippen LogP contribution is -2.61. The first-order chi connectivity index (χ1) is 13.4. The molecule has 0 aromatic heterocycles. The van der Waals surface area contributed by atoms with Crippen LogP contribution >= 0.6 is 0 Å². The SMILES string of the molecule is CC(C)(C)C(=O)OC[C@H]1O[C@H](F)[C@H](OC(=O)C(C)(C)C)[C@@H](O)[C@H]1OC(=O)C(C)(C)C. The predicted octanol–water partition coefficient (Wildman–Crippen LogP) is 2.55. The first-order valence-corrected chi connectivity index (χ1v) is 9.92. The second-order valence-corrected chi connectivity index (χ2v) is 10.6. The number of rotatable bonds is 4. The largest absolute Gasteiger partial charge is 0.462 e. The van der Waals surface area contributed by atoms with Gasteiger partial charge in [-0.3, -0.25) is 14.4 Å². The Hall–Kier alpha value is -1.74. The van der Waals surface area contributed by atoms with Gasteiger partial charge in [0, 0.05) is 0 Å². The zero-order valence-electron chi connectivity index (χ0n) is 19.3. The minimum Gasteiger partial charge on any atom is -0.462 e. The third-order valence-corrected chi connectivity index (χ3v) is 4.30. The maximum Gasteiger partial charge on any atom is 0.311 e. The van der Waals surface area contributed by atoms with E-state index in [1.54, 1.807) is 62.3 Å². The number of ether oxygens (including phenoxy) is 4. The van der Waals surface area contributed by atoms with Gasteiger partial charge in [0.05, 0.1) is 16.2 Å². The summed E-state index contributed by atoms with van der Waals surface area (Å²) in [5.41, 5.74) is -2.68. The molecule has 9 heteroatoms. The van der Waals surface area contributed by atoms with E-state index in [1.165, 1.54) is 0 Å². The Morgan fingerprint density at radius 2 is 1.20 bits per heavy atom. The van der Waals surface area contributed by atoms with Crippen molar-refractivity contribution >= 4 is 17.9 Å². The number of aliphatic hydroxyl groups excluding tert-OH is 1. The zero-order valence-corrected chi connectivity index (χ0v) is 19.3. The smallest absolute Gasteiger partial charge is 0.311 e. The topological polar surface area (TPSA) is 108 Å². The van der Waals surface area contributed by atoms with E-state index in [0.717, 1.165) is 0 Å². The fourth-order valence-electron chi connectivity index (χ4n) is 2.26. The minimum absolute atomic E-state index is 0.449. The van der Waals surface area contributed by atoms with Gasteiger partial charge in [-0.15, -0.1) is 0 Å². The highest BCUT2D eigenvalue weighted by Gasteiger charge is 2.51. The number of carbonyl (C=O) groups is 3. The van der Waals surface area contributed by atoms with Crippen LogP contribution in [-0.4, -0.2) is 60.4 Å². The van der Waals surface area contributed by atoms with E-state index < -0.39 is 71.5 Å². The van der Waals surface area contributed by atoms with Crippen molar-refractivity contribution in [2.24, 2.45) is 16.2 Å². The van der Waals surface area contributed by atoms with Gasteiger partial charge in [0.15, 0.2) is 12.2 Å². The molecular weight excluding hydrogens is 399 g/mol. The van der Waals surface area contributed by atoms with Crippen molar-refractivity contribution in [3.05, 3.63) is 0 Å². The Kier molecular flexibility index (Phi) is 8.04. The molecule has 0 amide bonds. The zero-order chi connectivity index (χ0) is 23.7. The molecule has 0 spiro atoms. The van der Waals surface area contributed by atoms with Crippen LogP contribution in [0.1, 0.15) is 62.3 Å². The average Bonchev–Trinajstić information content (AvgIpc) is 2.56. The molecule has 0 aromatic rings. The highest BCUT2D eigenvalue weighted by molar-refractivity contribution is 5.76. The number of esters is 3. The van der Waals surface area contributed by atoms with Crippen molar-refractivity contribution in [3.63, 3.8) is 0 Å². The molecule has 1 fully saturated rings. The third kappa shape index (κ3) is 6.91. The molecule has 1 aliphatic rings. The Morgan fingerprint density at radius 3 is 1.60 bits per heavy atom. The average molecular weight is 435 g/mol. The first-order valence-electron chi connectivity index (χ1n) is 9.92. The van der Waals surface area contributed by atoms with Gasteiger partial charge < -0.3 is 24.1 Å². The van der Waals surface area contributed by atoms with Crippen LogP contribution in [0.3, 0.4) is 0 Å². The summed E-state index contributed by atoms with van der Waals surface area (Å²) in [6, 6.07) is 0. The summed E-state index contributed by atoms with van der Waals surface area (Å²) in [6.07, 6.45) is -8.31. The predicted molar refractivity (Wildman–Crippen MR) is 105 cm³/mol. The Balaban J connectivity index is 3.09. The van der Waals surface area contributed by atoms with Gasteiger partial charge in [-0.25, -0.2) is 4.39 Å². The van der Waals surface area contributed by atoms with Crippen LogP contribution < -0.4 is 0 Å². The van der Waals surface area contributed by atoms with Crippen molar-refractivity contribution in [1.29, 1.82) is 0 Å². The summed E-state index contributed by atoms with van der Waals surface area (Å²) in [5.74, 6) is -2.00. The van der Waals surface area contributed by atoms with Crippen LogP contribution in [-0.2, 0) is 33.3 Å². The van der Waals surface area contributed by atoms with Crippen LogP contribution in [0.5, 0.6) is 0 Å². The maximum atomic E-state index is 14.7. The summed E-state index contributed by atoms with van der Waals surface area (Å²) < 4.78 is 35.5. The fourth-order valence-corrected chi connectivity index (χ4v) is 2.26. The first kappa shape index (κ1) is 26.3. The molecule has 0 aromatic carbocycles. The molecule has 0 bridgehead atoms. The maximum absolute atomic E-state index is 14.7. The van der Waals surface area contributed by atoms with E-state index in [4.69, 9.17) is 18.9 Å².